The predicted octanol–water partition coefficient (Wildman–Crippen LogP) is 1.80. The third-order valence-electron chi connectivity index (χ3n) is 1.19. The molecule has 1 atom stereocenters. The molecule has 0 aromatic heterocycles. The first-order valence-electron chi connectivity index (χ1n) is 3.08. The smallest absolute Gasteiger partial charge is 0.255 e. The first-order chi connectivity index (χ1) is 4.70. The van der Waals surface area contributed by atoms with Crippen molar-refractivity contribution in [3.05, 3.63) is 0 Å². The van der Waals surface area contributed by atoms with Gasteiger partial charge in [-0.15, -0.1) is 0 Å². The van der Waals surface area contributed by atoms with Crippen LogP contribution in [0.1, 0.15) is 19.8 Å². The Balaban J connectivity index is 3.26. The van der Waals surface area contributed by atoms with Gasteiger partial charge in [-0.05, 0) is 12.3 Å². The third kappa shape index (κ3) is 4.23. The molecule has 0 N–H and O–H groups in total. The molecular formula is C6H10F2O2. The number of alkyl halides is 1. The van der Waals surface area contributed by atoms with Gasteiger partial charge in [-0.25, -0.2) is 4.79 Å². The fraction of sp³-hybridized carbons (Fsp3) is 0.833. The Bertz CT molecular complexity index is 106. The summed E-state index contributed by atoms with van der Waals surface area (Å²) in [5, 5.41) is 0. The lowest BCUT2D eigenvalue weighted by molar-refractivity contribution is -0.183. The first-order valence-corrected chi connectivity index (χ1v) is 3.08. The zero-order chi connectivity index (χ0) is 7.98. The van der Waals surface area contributed by atoms with E-state index in [1.165, 1.54) is 0 Å². The van der Waals surface area contributed by atoms with Crippen LogP contribution >= 0.6 is 0 Å². The molecule has 0 saturated carbocycles. The molecule has 0 spiro atoms. The van der Waals surface area contributed by atoms with Crippen molar-refractivity contribution in [3.8, 4) is 0 Å². The Morgan fingerprint density at radius 1 is 1.70 bits per heavy atom. The van der Waals surface area contributed by atoms with Gasteiger partial charge in [0, 0.05) is 10.9 Å². The number of carbonyl (C=O) groups excluding carboxylic acids is 1. The van der Waals surface area contributed by atoms with Gasteiger partial charge in [0.05, 0.1) is 6.67 Å². The molecule has 10 heavy (non-hydrogen) atoms. The Morgan fingerprint density at radius 3 is 2.70 bits per heavy atom. The summed E-state index contributed by atoms with van der Waals surface area (Å²) in [6.45, 7) is 1.16. The van der Waals surface area contributed by atoms with Crippen molar-refractivity contribution in [1.29, 1.82) is 0 Å². The van der Waals surface area contributed by atoms with E-state index in [-0.39, 0.29) is 12.3 Å². The molecule has 0 amide bonds. The largest absolute Gasteiger partial charge is 0.348 e. The van der Waals surface area contributed by atoms with Gasteiger partial charge in [0.15, 0.2) is 0 Å². The fourth-order valence-corrected chi connectivity index (χ4v) is 0.480. The maximum absolute atomic E-state index is 11.7. The van der Waals surface area contributed by atoms with E-state index < -0.39 is 12.6 Å². The van der Waals surface area contributed by atoms with Crippen LogP contribution < -0.4 is 0 Å². The lowest BCUT2D eigenvalue weighted by atomic mass is 10.1. The summed E-state index contributed by atoms with van der Waals surface area (Å²) in [6, 6.07) is 0. The van der Waals surface area contributed by atoms with Crippen LogP contribution in [0.25, 0.3) is 0 Å². The lowest BCUT2D eigenvalue weighted by Gasteiger charge is -2.01. The van der Waals surface area contributed by atoms with E-state index in [4.69, 9.17) is 0 Å². The van der Waals surface area contributed by atoms with E-state index >= 15 is 0 Å². The molecule has 0 radical (unpaired) electrons. The summed E-state index contributed by atoms with van der Waals surface area (Å²) < 4.78 is 22.7. The molecule has 0 heterocycles. The topological polar surface area (TPSA) is 26.3 Å². The number of rotatable bonds is 4. The molecule has 0 saturated heterocycles. The molecule has 4 heteroatoms. The standard InChI is InChI=1S/C6H10F2O2/c1-5(4-7)2-3-6(9)10-8/h5H,2-4H2,1H3. The Morgan fingerprint density at radius 2 is 2.30 bits per heavy atom. The van der Waals surface area contributed by atoms with Gasteiger partial charge >= 0.3 is 5.97 Å². The molecular weight excluding hydrogens is 142 g/mol. The van der Waals surface area contributed by atoms with Crippen molar-refractivity contribution in [3.63, 3.8) is 0 Å². The molecule has 0 aromatic carbocycles. The van der Waals surface area contributed by atoms with Crippen LogP contribution in [0.4, 0.5) is 8.92 Å². The number of carbonyl (C=O) groups is 1. The van der Waals surface area contributed by atoms with Gasteiger partial charge in [0.1, 0.15) is 0 Å². The summed E-state index contributed by atoms with van der Waals surface area (Å²) in [6.07, 6.45) is 0.279. The summed E-state index contributed by atoms with van der Waals surface area (Å²) in [5.41, 5.74) is 0. The minimum Gasteiger partial charge on any atom is -0.255 e. The summed E-state index contributed by atoms with van der Waals surface area (Å²) in [5.74, 6) is -1.13. The second kappa shape index (κ2) is 5.14. The van der Waals surface area contributed by atoms with E-state index in [9.17, 15) is 13.7 Å². The summed E-state index contributed by atoms with van der Waals surface area (Å²) in [7, 11) is 0. The van der Waals surface area contributed by atoms with Crippen LogP contribution in [0.3, 0.4) is 0 Å². The molecule has 0 aliphatic carbocycles. The highest BCUT2D eigenvalue weighted by molar-refractivity contribution is 5.68. The van der Waals surface area contributed by atoms with E-state index in [0.717, 1.165) is 0 Å². The normalized spacial score (nSPS) is 12.7. The Labute approximate surface area is 58.1 Å². The number of hydrogen-bond donors (Lipinski definition) is 0. The molecule has 0 aliphatic heterocycles. The molecule has 2 nitrogen and oxygen atoms in total. The SMILES string of the molecule is CC(CF)CCC(=O)OF. The highest BCUT2D eigenvalue weighted by atomic mass is 19.3. The maximum Gasteiger partial charge on any atom is 0.348 e. The second-order valence-corrected chi connectivity index (χ2v) is 2.25. The van der Waals surface area contributed by atoms with Crippen LogP contribution in [-0.4, -0.2) is 12.6 Å². The fourth-order valence-electron chi connectivity index (χ4n) is 0.480. The van der Waals surface area contributed by atoms with E-state index in [1.807, 2.05) is 0 Å². The molecule has 0 rings (SSSR count). The monoisotopic (exact) mass is 152 g/mol. The molecule has 60 valence electrons. The van der Waals surface area contributed by atoms with Gasteiger partial charge in [-0.3, -0.25) is 9.33 Å². The van der Waals surface area contributed by atoms with Gasteiger partial charge in [0.25, 0.3) is 0 Å². The molecule has 0 fully saturated rings. The van der Waals surface area contributed by atoms with Gasteiger partial charge < -0.3 is 0 Å². The van der Waals surface area contributed by atoms with Crippen LogP contribution in [0.2, 0.25) is 0 Å². The highest BCUT2D eigenvalue weighted by Gasteiger charge is 2.07. The Kier molecular flexibility index (Phi) is 4.80. The van der Waals surface area contributed by atoms with Crippen molar-refractivity contribution < 1.29 is 18.7 Å². The minimum atomic E-state index is -0.930. The van der Waals surface area contributed by atoms with Crippen LogP contribution in [-0.2, 0) is 9.74 Å². The van der Waals surface area contributed by atoms with Crippen molar-refractivity contribution in [1.82, 2.24) is 0 Å². The number of halogens is 2. The van der Waals surface area contributed by atoms with Crippen molar-refractivity contribution in [2.75, 3.05) is 6.67 Å². The van der Waals surface area contributed by atoms with Gasteiger partial charge in [-0.2, -0.15) is 0 Å². The minimum absolute atomic E-state index is 0.0540. The highest BCUT2D eigenvalue weighted by Crippen LogP contribution is 2.06. The van der Waals surface area contributed by atoms with Crippen LogP contribution in [0, 0.1) is 5.92 Å². The predicted molar refractivity (Wildman–Crippen MR) is 31.6 cm³/mol. The molecule has 1 unspecified atom stereocenters. The zero-order valence-electron chi connectivity index (χ0n) is 5.77. The maximum atomic E-state index is 11.7. The molecule has 0 bridgehead atoms. The van der Waals surface area contributed by atoms with Gasteiger partial charge in [-0.1, -0.05) is 6.92 Å². The molecule has 0 aliphatic rings. The molecule has 0 aromatic rings. The van der Waals surface area contributed by atoms with E-state index in [0.29, 0.717) is 6.42 Å². The first kappa shape index (κ1) is 9.33. The summed E-state index contributed by atoms with van der Waals surface area (Å²) in [4.78, 5) is 13.0. The van der Waals surface area contributed by atoms with Crippen molar-refractivity contribution >= 4 is 5.97 Å². The zero-order valence-corrected chi connectivity index (χ0v) is 5.77. The number of hydrogen-bond acceptors (Lipinski definition) is 2. The Hall–Kier alpha value is -0.670. The van der Waals surface area contributed by atoms with Crippen LogP contribution in [0.5, 0.6) is 0 Å². The second-order valence-electron chi connectivity index (χ2n) is 2.25. The summed E-state index contributed by atoms with van der Waals surface area (Å²) >= 11 is 0. The quantitative estimate of drug-likeness (QED) is 0.614. The average Bonchev–Trinajstić information content (AvgIpc) is 1.99. The van der Waals surface area contributed by atoms with Gasteiger partial charge in [0.2, 0.25) is 0 Å². The third-order valence-corrected chi connectivity index (χ3v) is 1.19. The van der Waals surface area contributed by atoms with Crippen molar-refractivity contribution in [2.45, 2.75) is 19.8 Å². The van der Waals surface area contributed by atoms with E-state index in [1.54, 1.807) is 6.92 Å². The lowest BCUT2D eigenvalue weighted by Crippen LogP contribution is -2.03. The van der Waals surface area contributed by atoms with Crippen molar-refractivity contribution in [2.24, 2.45) is 5.92 Å². The van der Waals surface area contributed by atoms with E-state index in [2.05, 4.69) is 4.94 Å². The van der Waals surface area contributed by atoms with Crippen LogP contribution in [0.15, 0.2) is 0 Å². The average molecular weight is 152 g/mol.